The lowest BCUT2D eigenvalue weighted by Crippen LogP contribution is -2.05. The predicted octanol–water partition coefficient (Wildman–Crippen LogP) is 6.27. The van der Waals surface area contributed by atoms with E-state index in [0.29, 0.717) is 15.8 Å². The number of aromatic nitrogens is 2. The molecule has 3 rings (SSSR count). The summed E-state index contributed by atoms with van der Waals surface area (Å²) >= 11 is 13.0. The van der Waals surface area contributed by atoms with Crippen LogP contribution in [0.5, 0.6) is 0 Å². The molecule has 0 saturated heterocycles. The lowest BCUT2D eigenvalue weighted by molar-refractivity contribution is -0.137. The fourth-order valence-corrected chi connectivity index (χ4v) is 2.98. The molecule has 2 heterocycles. The molecule has 0 aliphatic carbocycles. The fourth-order valence-electron chi connectivity index (χ4n) is 1.88. The number of halogens is 5. The van der Waals surface area contributed by atoms with Crippen LogP contribution in [0.25, 0.3) is 11.4 Å². The van der Waals surface area contributed by atoms with E-state index in [1.54, 1.807) is 29.6 Å². The van der Waals surface area contributed by atoms with Gasteiger partial charge in [-0.3, -0.25) is 4.98 Å². The monoisotopic (exact) mass is 389 g/mol. The summed E-state index contributed by atoms with van der Waals surface area (Å²) < 4.78 is 37.9. The normalized spacial score (nSPS) is 11.5. The van der Waals surface area contributed by atoms with E-state index in [0.717, 1.165) is 18.0 Å². The highest BCUT2D eigenvalue weighted by Gasteiger charge is 2.31. The van der Waals surface area contributed by atoms with Crippen LogP contribution in [-0.4, -0.2) is 9.97 Å². The van der Waals surface area contributed by atoms with Crippen molar-refractivity contribution in [1.82, 2.24) is 9.97 Å². The maximum Gasteiger partial charge on any atom is 0.417 e. The SMILES string of the molecule is FC(F)(F)c1cnc(-c2csc(Nc3ccc(Cl)cc3)n2)c(Cl)c1. The molecule has 1 N–H and O–H groups in total. The van der Waals surface area contributed by atoms with Gasteiger partial charge in [-0.05, 0) is 30.3 Å². The Morgan fingerprint density at radius 3 is 2.42 bits per heavy atom. The summed E-state index contributed by atoms with van der Waals surface area (Å²) in [6, 6.07) is 7.87. The summed E-state index contributed by atoms with van der Waals surface area (Å²) in [7, 11) is 0. The maximum absolute atomic E-state index is 12.6. The van der Waals surface area contributed by atoms with E-state index in [-0.39, 0.29) is 10.7 Å². The second-order valence-corrected chi connectivity index (χ2v) is 6.42. The summed E-state index contributed by atoms with van der Waals surface area (Å²) in [5, 5.41) is 5.81. The van der Waals surface area contributed by atoms with Crippen LogP contribution in [0.3, 0.4) is 0 Å². The highest BCUT2D eigenvalue weighted by atomic mass is 35.5. The van der Waals surface area contributed by atoms with Gasteiger partial charge in [-0.2, -0.15) is 13.2 Å². The van der Waals surface area contributed by atoms with Crippen LogP contribution >= 0.6 is 34.5 Å². The average molecular weight is 390 g/mol. The predicted molar refractivity (Wildman–Crippen MR) is 90.1 cm³/mol. The van der Waals surface area contributed by atoms with Gasteiger partial charge in [-0.1, -0.05) is 23.2 Å². The molecule has 124 valence electrons. The van der Waals surface area contributed by atoms with E-state index in [1.165, 1.54) is 11.3 Å². The molecule has 24 heavy (non-hydrogen) atoms. The lowest BCUT2D eigenvalue weighted by Gasteiger charge is -2.07. The Morgan fingerprint density at radius 1 is 1.08 bits per heavy atom. The quantitative estimate of drug-likeness (QED) is 0.573. The first kappa shape index (κ1) is 17.0. The molecule has 0 saturated carbocycles. The summed E-state index contributed by atoms with van der Waals surface area (Å²) in [6.45, 7) is 0. The van der Waals surface area contributed by atoms with Crippen LogP contribution in [0.4, 0.5) is 24.0 Å². The summed E-state index contributed by atoms with van der Waals surface area (Å²) in [5.41, 5.74) is 0.484. The van der Waals surface area contributed by atoms with Crippen molar-refractivity contribution in [3.8, 4) is 11.4 Å². The largest absolute Gasteiger partial charge is 0.417 e. The van der Waals surface area contributed by atoms with Gasteiger partial charge in [0, 0.05) is 22.3 Å². The number of nitrogens with zero attached hydrogens (tertiary/aromatic N) is 2. The molecule has 3 aromatic rings. The molecule has 2 aromatic heterocycles. The highest BCUT2D eigenvalue weighted by Crippen LogP contribution is 2.35. The first-order valence-electron chi connectivity index (χ1n) is 6.54. The molecule has 0 amide bonds. The fraction of sp³-hybridized carbons (Fsp3) is 0.0667. The van der Waals surface area contributed by atoms with E-state index >= 15 is 0 Å². The minimum atomic E-state index is -4.49. The van der Waals surface area contributed by atoms with Gasteiger partial charge in [0.2, 0.25) is 0 Å². The number of alkyl halides is 3. The van der Waals surface area contributed by atoms with Gasteiger partial charge < -0.3 is 5.32 Å². The van der Waals surface area contributed by atoms with Gasteiger partial charge in [-0.25, -0.2) is 4.98 Å². The number of hydrogen-bond acceptors (Lipinski definition) is 4. The molecule has 0 atom stereocenters. The van der Waals surface area contributed by atoms with Crippen molar-refractivity contribution in [3.63, 3.8) is 0 Å². The van der Waals surface area contributed by atoms with Crippen LogP contribution in [0.1, 0.15) is 5.56 Å². The van der Waals surface area contributed by atoms with Crippen molar-refractivity contribution < 1.29 is 13.2 Å². The van der Waals surface area contributed by atoms with Gasteiger partial charge in [0.15, 0.2) is 5.13 Å². The Kier molecular flexibility index (Phi) is 4.67. The molecule has 0 unspecified atom stereocenters. The van der Waals surface area contributed by atoms with Crippen LogP contribution in [0, 0.1) is 0 Å². The van der Waals surface area contributed by atoms with Gasteiger partial charge in [0.1, 0.15) is 11.4 Å². The molecular formula is C15H8Cl2F3N3S. The van der Waals surface area contributed by atoms with Crippen molar-refractivity contribution in [3.05, 3.63) is 57.5 Å². The molecule has 0 aliphatic rings. The second-order valence-electron chi connectivity index (χ2n) is 4.72. The number of thiazole rings is 1. The second kappa shape index (κ2) is 6.58. The minimum absolute atomic E-state index is 0.104. The van der Waals surface area contributed by atoms with Crippen molar-refractivity contribution in [2.75, 3.05) is 5.32 Å². The number of pyridine rings is 1. The molecule has 3 nitrogen and oxygen atoms in total. The number of hydrogen-bond donors (Lipinski definition) is 1. The third-order valence-corrected chi connectivity index (χ3v) is 4.31. The third kappa shape index (κ3) is 3.80. The molecule has 9 heteroatoms. The molecule has 1 aromatic carbocycles. The lowest BCUT2D eigenvalue weighted by atomic mass is 10.2. The zero-order valence-electron chi connectivity index (χ0n) is 11.7. The van der Waals surface area contributed by atoms with Gasteiger partial charge in [0.05, 0.1) is 10.6 Å². The number of anilines is 2. The van der Waals surface area contributed by atoms with Crippen LogP contribution in [0.2, 0.25) is 10.0 Å². The minimum Gasteiger partial charge on any atom is -0.332 e. The van der Waals surface area contributed by atoms with E-state index in [4.69, 9.17) is 23.2 Å². The maximum atomic E-state index is 12.6. The van der Waals surface area contributed by atoms with E-state index < -0.39 is 11.7 Å². The molecular weight excluding hydrogens is 382 g/mol. The first-order chi connectivity index (χ1) is 11.3. The summed E-state index contributed by atoms with van der Waals surface area (Å²) in [4.78, 5) is 8.09. The van der Waals surface area contributed by atoms with E-state index in [2.05, 4.69) is 15.3 Å². The molecule has 0 spiro atoms. The van der Waals surface area contributed by atoms with E-state index in [1.807, 2.05) is 0 Å². The van der Waals surface area contributed by atoms with Crippen molar-refractivity contribution in [1.29, 1.82) is 0 Å². The molecule has 0 aliphatic heterocycles. The van der Waals surface area contributed by atoms with Crippen LogP contribution < -0.4 is 5.32 Å². The van der Waals surface area contributed by atoms with Crippen LogP contribution in [-0.2, 0) is 6.18 Å². The standard InChI is InChI=1S/C15H8Cl2F3N3S/c16-9-1-3-10(4-2-9)22-14-23-12(7-24-14)13-11(17)5-8(6-21-13)15(18,19)20/h1-7H,(H,22,23). The Labute approximate surface area is 149 Å². The first-order valence-corrected chi connectivity index (χ1v) is 8.18. The zero-order chi connectivity index (χ0) is 17.3. The zero-order valence-corrected chi connectivity index (χ0v) is 14.1. The highest BCUT2D eigenvalue weighted by molar-refractivity contribution is 7.14. The molecule has 0 bridgehead atoms. The Balaban J connectivity index is 1.84. The van der Waals surface area contributed by atoms with E-state index in [9.17, 15) is 13.2 Å². The Bertz CT molecular complexity index is 863. The third-order valence-electron chi connectivity index (χ3n) is 3.01. The summed E-state index contributed by atoms with van der Waals surface area (Å²) in [5.74, 6) is 0. The van der Waals surface area contributed by atoms with Crippen LogP contribution in [0.15, 0.2) is 41.9 Å². The summed E-state index contributed by atoms with van der Waals surface area (Å²) in [6.07, 6.45) is -3.74. The smallest absolute Gasteiger partial charge is 0.332 e. The average Bonchev–Trinajstić information content (AvgIpc) is 2.97. The Morgan fingerprint density at radius 2 is 1.79 bits per heavy atom. The topological polar surface area (TPSA) is 37.8 Å². The van der Waals surface area contributed by atoms with Crippen molar-refractivity contribution in [2.24, 2.45) is 0 Å². The van der Waals surface area contributed by atoms with Gasteiger partial charge in [-0.15, -0.1) is 11.3 Å². The molecule has 0 radical (unpaired) electrons. The number of rotatable bonds is 3. The van der Waals surface area contributed by atoms with Gasteiger partial charge >= 0.3 is 6.18 Å². The Hall–Kier alpha value is -1.83. The van der Waals surface area contributed by atoms with Crippen molar-refractivity contribution >= 4 is 45.4 Å². The number of nitrogens with one attached hydrogen (secondary N) is 1. The number of benzene rings is 1. The van der Waals surface area contributed by atoms with Crippen molar-refractivity contribution in [2.45, 2.75) is 6.18 Å². The molecule has 0 fully saturated rings. The van der Waals surface area contributed by atoms with Gasteiger partial charge in [0.25, 0.3) is 0 Å².